The Kier molecular flexibility index (Phi) is 6.67. The van der Waals surface area contributed by atoms with Crippen LogP contribution in [0.25, 0.3) is 11.6 Å². The van der Waals surface area contributed by atoms with Crippen molar-refractivity contribution in [2.45, 2.75) is 38.7 Å². The highest BCUT2D eigenvalue weighted by Gasteiger charge is 2.22. The minimum atomic E-state index is 0.135. The largest absolute Gasteiger partial charge is 0.508 e. The molecule has 0 spiro atoms. The van der Waals surface area contributed by atoms with Crippen molar-refractivity contribution in [3.05, 3.63) is 89.5 Å². The maximum atomic E-state index is 9.53. The Morgan fingerprint density at radius 2 is 1.85 bits per heavy atom. The first-order valence-electron chi connectivity index (χ1n) is 9.72. The van der Waals surface area contributed by atoms with Crippen LogP contribution in [0.15, 0.2) is 78.4 Å². The molecule has 1 N–H and O–H groups in total. The van der Waals surface area contributed by atoms with Crippen molar-refractivity contribution in [2.24, 2.45) is 0 Å². The third-order valence-electron chi connectivity index (χ3n) is 4.96. The SMILES string of the molecule is C=C(CCC)C1=CCOC1CC/C(=C/c1ccc(O)cc1)c1ccccc1. The van der Waals surface area contributed by atoms with Gasteiger partial charge in [0.2, 0.25) is 0 Å². The Morgan fingerprint density at radius 3 is 2.56 bits per heavy atom. The molecule has 1 aliphatic rings. The highest BCUT2D eigenvalue weighted by Crippen LogP contribution is 2.31. The quantitative estimate of drug-likeness (QED) is 0.552. The van der Waals surface area contributed by atoms with Crippen LogP contribution in [0, 0.1) is 0 Å². The molecule has 1 unspecified atom stereocenters. The molecule has 1 atom stereocenters. The van der Waals surface area contributed by atoms with E-state index in [0.717, 1.165) is 31.2 Å². The van der Waals surface area contributed by atoms with Gasteiger partial charge in [0.05, 0.1) is 12.7 Å². The molecule has 0 saturated heterocycles. The lowest BCUT2D eigenvalue weighted by molar-refractivity contribution is 0.117. The van der Waals surface area contributed by atoms with E-state index in [1.807, 2.05) is 18.2 Å². The molecule has 0 amide bonds. The molecular formula is C25H28O2. The second-order valence-electron chi connectivity index (χ2n) is 7.00. The van der Waals surface area contributed by atoms with E-state index in [2.05, 4.69) is 49.9 Å². The average Bonchev–Trinajstić information content (AvgIpc) is 3.16. The number of phenols is 1. The highest BCUT2D eigenvalue weighted by atomic mass is 16.5. The number of allylic oxidation sites excluding steroid dienone is 1. The third kappa shape index (κ3) is 5.21. The van der Waals surface area contributed by atoms with Gasteiger partial charge < -0.3 is 9.84 Å². The molecule has 1 heterocycles. The van der Waals surface area contributed by atoms with E-state index in [-0.39, 0.29) is 11.9 Å². The van der Waals surface area contributed by atoms with Crippen LogP contribution in [-0.2, 0) is 4.74 Å². The molecule has 0 aliphatic carbocycles. The molecule has 2 heteroatoms. The maximum absolute atomic E-state index is 9.53. The van der Waals surface area contributed by atoms with Gasteiger partial charge in [0.1, 0.15) is 5.75 Å². The summed E-state index contributed by atoms with van der Waals surface area (Å²) in [5, 5.41) is 9.53. The summed E-state index contributed by atoms with van der Waals surface area (Å²) < 4.78 is 5.97. The molecule has 140 valence electrons. The zero-order chi connectivity index (χ0) is 19.1. The van der Waals surface area contributed by atoms with Crippen molar-refractivity contribution < 1.29 is 9.84 Å². The first-order chi connectivity index (χ1) is 13.2. The first kappa shape index (κ1) is 19.2. The summed E-state index contributed by atoms with van der Waals surface area (Å²) in [4.78, 5) is 0. The summed E-state index contributed by atoms with van der Waals surface area (Å²) in [5.74, 6) is 0.289. The fourth-order valence-corrected chi connectivity index (χ4v) is 3.54. The van der Waals surface area contributed by atoms with Crippen molar-refractivity contribution in [1.29, 1.82) is 0 Å². The van der Waals surface area contributed by atoms with Gasteiger partial charge in [-0.2, -0.15) is 0 Å². The van der Waals surface area contributed by atoms with Gasteiger partial charge in [0.15, 0.2) is 0 Å². The number of hydrogen-bond acceptors (Lipinski definition) is 2. The van der Waals surface area contributed by atoms with Crippen molar-refractivity contribution in [1.82, 2.24) is 0 Å². The Labute approximate surface area is 162 Å². The zero-order valence-electron chi connectivity index (χ0n) is 16.0. The van der Waals surface area contributed by atoms with E-state index in [4.69, 9.17) is 4.74 Å². The minimum absolute atomic E-state index is 0.135. The number of benzene rings is 2. The molecular weight excluding hydrogens is 332 g/mol. The Balaban J connectivity index is 1.77. The highest BCUT2D eigenvalue weighted by molar-refractivity contribution is 5.81. The van der Waals surface area contributed by atoms with Crippen LogP contribution in [-0.4, -0.2) is 17.8 Å². The lowest BCUT2D eigenvalue weighted by Crippen LogP contribution is -2.11. The lowest BCUT2D eigenvalue weighted by Gasteiger charge is -2.18. The molecule has 3 rings (SSSR count). The topological polar surface area (TPSA) is 29.5 Å². The Bertz CT molecular complexity index is 813. The number of aromatic hydroxyl groups is 1. The smallest absolute Gasteiger partial charge is 0.115 e. The predicted molar refractivity (Wildman–Crippen MR) is 114 cm³/mol. The molecule has 0 aromatic heterocycles. The van der Waals surface area contributed by atoms with Crippen LogP contribution in [0.2, 0.25) is 0 Å². The molecule has 1 aliphatic heterocycles. The minimum Gasteiger partial charge on any atom is -0.508 e. The van der Waals surface area contributed by atoms with E-state index >= 15 is 0 Å². The number of ether oxygens (including phenoxy) is 1. The van der Waals surface area contributed by atoms with Gasteiger partial charge in [-0.05, 0) is 59.2 Å². The van der Waals surface area contributed by atoms with Crippen LogP contribution in [0.5, 0.6) is 5.75 Å². The van der Waals surface area contributed by atoms with Crippen molar-refractivity contribution >= 4 is 11.6 Å². The normalized spacial score (nSPS) is 17.0. The van der Waals surface area contributed by atoms with Crippen LogP contribution in [0.1, 0.15) is 43.7 Å². The van der Waals surface area contributed by atoms with Crippen LogP contribution < -0.4 is 0 Å². The summed E-state index contributed by atoms with van der Waals surface area (Å²) in [6.07, 6.45) is 8.53. The fourth-order valence-electron chi connectivity index (χ4n) is 3.54. The monoisotopic (exact) mass is 360 g/mol. The van der Waals surface area contributed by atoms with Gasteiger partial charge in [-0.15, -0.1) is 0 Å². The third-order valence-corrected chi connectivity index (χ3v) is 4.96. The van der Waals surface area contributed by atoms with Gasteiger partial charge in [-0.1, -0.05) is 74.5 Å². The van der Waals surface area contributed by atoms with Crippen molar-refractivity contribution in [3.63, 3.8) is 0 Å². The molecule has 2 aromatic carbocycles. The second kappa shape index (κ2) is 9.38. The molecule has 0 radical (unpaired) electrons. The van der Waals surface area contributed by atoms with Crippen molar-refractivity contribution in [2.75, 3.05) is 6.61 Å². The summed E-state index contributed by atoms with van der Waals surface area (Å²) in [6.45, 7) is 7.12. The molecule has 0 fully saturated rings. The summed E-state index contributed by atoms with van der Waals surface area (Å²) >= 11 is 0. The molecule has 2 aromatic rings. The first-order valence-corrected chi connectivity index (χ1v) is 9.72. The Morgan fingerprint density at radius 1 is 1.11 bits per heavy atom. The lowest BCUT2D eigenvalue weighted by atomic mass is 9.92. The van der Waals surface area contributed by atoms with Gasteiger partial charge in [0, 0.05) is 0 Å². The number of rotatable bonds is 8. The molecule has 27 heavy (non-hydrogen) atoms. The van der Waals surface area contributed by atoms with E-state index in [0.29, 0.717) is 6.61 Å². The van der Waals surface area contributed by atoms with Gasteiger partial charge in [-0.3, -0.25) is 0 Å². The standard InChI is InChI=1S/C25H28O2/c1-3-7-19(2)24-16-17-27-25(24)15-12-22(21-8-5-4-6-9-21)18-20-10-13-23(26)14-11-20/h4-6,8-11,13-14,16,18,25-26H,2-3,7,12,15,17H2,1H3/b22-18-. The Hall–Kier alpha value is -2.58. The van der Waals surface area contributed by atoms with E-state index in [1.165, 1.54) is 22.3 Å². The maximum Gasteiger partial charge on any atom is 0.115 e. The second-order valence-corrected chi connectivity index (χ2v) is 7.00. The summed E-state index contributed by atoms with van der Waals surface area (Å²) in [5.41, 5.74) is 6.08. The summed E-state index contributed by atoms with van der Waals surface area (Å²) in [7, 11) is 0. The van der Waals surface area contributed by atoms with Crippen LogP contribution in [0.4, 0.5) is 0 Å². The molecule has 2 nitrogen and oxygen atoms in total. The van der Waals surface area contributed by atoms with Crippen LogP contribution in [0.3, 0.4) is 0 Å². The van der Waals surface area contributed by atoms with E-state index < -0.39 is 0 Å². The molecule has 0 bridgehead atoms. The van der Waals surface area contributed by atoms with Crippen molar-refractivity contribution in [3.8, 4) is 5.75 Å². The average molecular weight is 360 g/mol. The molecule has 0 saturated carbocycles. The van der Waals surface area contributed by atoms with E-state index in [1.54, 1.807) is 12.1 Å². The van der Waals surface area contributed by atoms with Gasteiger partial charge in [-0.25, -0.2) is 0 Å². The van der Waals surface area contributed by atoms with Gasteiger partial charge >= 0.3 is 0 Å². The predicted octanol–water partition coefficient (Wildman–Crippen LogP) is 6.39. The fraction of sp³-hybridized carbons (Fsp3) is 0.280. The zero-order valence-corrected chi connectivity index (χ0v) is 16.0. The summed E-state index contributed by atoms with van der Waals surface area (Å²) in [6, 6.07) is 17.8. The van der Waals surface area contributed by atoms with Gasteiger partial charge in [0.25, 0.3) is 0 Å². The number of phenolic OH excluding ortho intramolecular Hbond substituents is 1. The van der Waals surface area contributed by atoms with E-state index in [9.17, 15) is 5.11 Å². The number of hydrogen-bond donors (Lipinski definition) is 1. The van der Waals surface area contributed by atoms with Crippen LogP contribution >= 0.6 is 0 Å².